The molecule has 6 aromatic carbocycles. The average molecular weight is 1670 g/mol. The van der Waals surface area contributed by atoms with E-state index in [0.717, 1.165) is 74.9 Å². The van der Waals surface area contributed by atoms with Gasteiger partial charge in [0.05, 0.1) is 98.1 Å². The number of aliphatic hydroxyl groups is 3. The zero-order chi connectivity index (χ0) is 78.2. The summed E-state index contributed by atoms with van der Waals surface area (Å²) >= 11 is 3.00. The van der Waals surface area contributed by atoms with Gasteiger partial charge in [0, 0.05) is 50.6 Å². The van der Waals surface area contributed by atoms with Crippen molar-refractivity contribution in [3.63, 3.8) is 0 Å². The molecule has 590 valence electrons. The monoisotopic (exact) mass is 1670 g/mol. The molecule has 8 bridgehead atoms. The van der Waals surface area contributed by atoms with Crippen LogP contribution in [0.25, 0.3) is 22.5 Å². The Kier molecular flexibility index (Phi) is 25.8. The fourth-order valence-corrected chi connectivity index (χ4v) is 21.9. The summed E-state index contributed by atoms with van der Waals surface area (Å²) in [4.78, 5) is 30.9. The summed E-state index contributed by atoms with van der Waals surface area (Å²) in [6, 6.07) is 52.8. The van der Waals surface area contributed by atoms with Crippen LogP contribution in [0.5, 0.6) is 0 Å². The van der Waals surface area contributed by atoms with Crippen LogP contribution in [0.4, 0.5) is 32.3 Å². The van der Waals surface area contributed by atoms with Crippen LogP contribution in [0, 0.1) is 46.3 Å². The van der Waals surface area contributed by atoms with Gasteiger partial charge in [0.1, 0.15) is 13.2 Å². The smallest absolute Gasteiger partial charge is 0.425 e. The molecular formula is C77H94BrClN12O15S4. The van der Waals surface area contributed by atoms with Crippen molar-refractivity contribution >= 4 is 101 Å². The van der Waals surface area contributed by atoms with E-state index in [0.29, 0.717) is 61.2 Å². The molecule has 2 aromatic heterocycles. The van der Waals surface area contributed by atoms with Crippen molar-refractivity contribution in [3.05, 3.63) is 206 Å². The Morgan fingerprint density at radius 2 is 0.891 bits per heavy atom. The Morgan fingerprint density at radius 3 is 1.25 bits per heavy atom. The van der Waals surface area contributed by atoms with Crippen LogP contribution >= 0.6 is 26.6 Å². The van der Waals surface area contributed by atoms with Gasteiger partial charge in [0.25, 0.3) is 10.2 Å². The molecule has 27 nitrogen and oxygen atoms in total. The van der Waals surface area contributed by atoms with E-state index in [2.05, 4.69) is 123 Å². The molecule has 6 heterocycles. The molecule has 2 saturated heterocycles. The van der Waals surface area contributed by atoms with Crippen LogP contribution in [0.2, 0.25) is 0 Å². The van der Waals surface area contributed by atoms with E-state index >= 15 is 0 Å². The Labute approximate surface area is 655 Å². The number of halogens is 2. The lowest BCUT2D eigenvalue weighted by molar-refractivity contribution is -0.134. The third kappa shape index (κ3) is 19.3. The molecule has 8 unspecified atom stereocenters. The fraction of sp³-hybridized carbons (Fsp3) is 0.429. The van der Waals surface area contributed by atoms with E-state index in [-0.39, 0.29) is 79.8 Å². The quantitative estimate of drug-likeness (QED) is 0.0232. The number of carbonyl (C=O) groups is 2. The highest BCUT2D eigenvalue weighted by molar-refractivity contribution is 9.09. The second-order valence-corrected chi connectivity index (χ2v) is 38.2. The topological polar surface area (TPSA) is 392 Å². The number of nitrogen functional groups attached to an aromatic ring is 1. The molecule has 20 rings (SSSR count). The molecule has 33 heteroatoms. The molecule has 8 aliphatic carbocycles. The van der Waals surface area contributed by atoms with Gasteiger partial charge in [-0.05, 0) is 183 Å². The lowest BCUT2D eigenvalue weighted by atomic mass is 9.46. The van der Waals surface area contributed by atoms with Crippen molar-refractivity contribution in [2.75, 3.05) is 64.4 Å². The van der Waals surface area contributed by atoms with E-state index in [4.69, 9.17) is 16.6 Å². The van der Waals surface area contributed by atoms with Crippen molar-refractivity contribution in [3.8, 4) is 22.5 Å². The van der Waals surface area contributed by atoms with Gasteiger partial charge in [-0.1, -0.05) is 137 Å². The number of hydrogen-bond acceptors (Lipinski definition) is 19. The summed E-state index contributed by atoms with van der Waals surface area (Å²) in [6.45, 7) is 0.505. The number of hydrogen-bond donors (Lipinski definition) is 9. The van der Waals surface area contributed by atoms with Gasteiger partial charge in [0.2, 0.25) is 9.05 Å². The predicted molar refractivity (Wildman–Crippen MR) is 425 cm³/mol. The summed E-state index contributed by atoms with van der Waals surface area (Å²) in [5.41, 5.74) is 21.4. The zero-order valence-electron chi connectivity index (χ0n) is 60.6. The SMILES string of the molecule is CS(=O)(=O)Cl.NC1C2CC3CC1CC(C(O)CC1c4ccccc4-c4cncn41)(C3)C2.Nc1ccccc1.O=C1OCCN1S(=O)(=O)Nc1ccccc1.O=C1OCCN1S(=O)(=O)Nc1ccccc1.O=S(=O)(Nc1ccccc1)NC1C2CC3CC1CC(C(O)CC1c4ccccc4-c4cncn41)(C3)C2.OCCBr. The number of anilines is 4. The summed E-state index contributed by atoms with van der Waals surface area (Å²) in [5.74, 6) is 3.16. The number of fused-ring (bicyclic) bond motifs is 6. The first-order chi connectivity index (χ1) is 52.5. The van der Waals surface area contributed by atoms with Gasteiger partial charge in [-0.25, -0.2) is 28.0 Å². The number of aromatic nitrogens is 4. The number of nitrogens with one attached hydrogen (secondary N) is 4. The summed E-state index contributed by atoms with van der Waals surface area (Å²) in [6.07, 6.45) is 18.7. The highest BCUT2D eigenvalue weighted by Crippen LogP contribution is 2.64. The second kappa shape index (κ2) is 34.9. The Hall–Kier alpha value is -8.15. The van der Waals surface area contributed by atoms with Crippen LogP contribution in [-0.4, -0.2) is 158 Å². The second-order valence-electron chi connectivity index (χ2n) is 29.8. The number of aliphatic hydroxyl groups excluding tert-OH is 3. The summed E-state index contributed by atoms with van der Waals surface area (Å²) in [7, 11) is -10.1. The number of amides is 2. The lowest BCUT2D eigenvalue weighted by Gasteiger charge is -2.61. The van der Waals surface area contributed by atoms with Crippen molar-refractivity contribution in [2.45, 2.75) is 113 Å². The zero-order valence-corrected chi connectivity index (χ0v) is 66.2. The number of nitrogens with two attached hydrogens (primary N) is 2. The van der Waals surface area contributed by atoms with Crippen molar-refractivity contribution < 1.29 is 68.1 Å². The summed E-state index contributed by atoms with van der Waals surface area (Å²) < 4.78 is 117. The van der Waals surface area contributed by atoms with Gasteiger partial charge in [-0.2, -0.15) is 38.6 Å². The number of alkyl halides is 1. The average Bonchev–Trinajstić information content (AvgIpc) is 0.798. The van der Waals surface area contributed by atoms with Crippen molar-refractivity contribution in [1.82, 2.24) is 32.4 Å². The van der Waals surface area contributed by atoms with E-state index in [1.165, 1.54) is 47.2 Å². The highest BCUT2D eigenvalue weighted by Gasteiger charge is 2.60. The van der Waals surface area contributed by atoms with Gasteiger partial charge in [-0.15, -0.1) is 0 Å². The molecule has 11 N–H and O–H groups in total. The van der Waals surface area contributed by atoms with E-state index in [9.17, 15) is 53.5 Å². The normalized spacial score (nSPS) is 26.3. The first kappa shape index (κ1) is 81.3. The van der Waals surface area contributed by atoms with Crippen LogP contribution in [0.1, 0.15) is 100 Å². The molecule has 12 aliphatic rings. The molecule has 110 heavy (non-hydrogen) atoms. The molecule has 10 fully saturated rings. The van der Waals surface area contributed by atoms with E-state index in [1.807, 2.05) is 73.6 Å². The third-order valence-corrected chi connectivity index (χ3v) is 26.7. The molecular weight excluding hydrogens is 1580 g/mol. The number of benzene rings is 6. The molecule has 0 spiro atoms. The van der Waals surface area contributed by atoms with Gasteiger partial charge >= 0.3 is 32.6 Å². The minimum Gasteiger partial charge on any atom is -0.447 e. The molecule has 8 saturated carbocycles. The maximum Gasteiger partial charge on any atom is 0.425 e. The van der Waals surface area contributed by atoms with E-state index in [1.54, 1.807) is 72.8 Å². The number of nitrogens with zero attached hydrogens (tertiary/aromatic N) is 6. The fourth-order valence-electron chi connectivity index (χ4n) is 18.4. The number of carbonyl (C=O) groups excluding carboxylic acids is 2. The Balaban J connectivity index is 0.000000133. The first-order valence-corrected chi connectivity index (χ1v) is 44.9. The van der Waals surface area contributed by atoms with Crippen LogP contribution < -0.4 is 30.4 Å². The number of imidazole rings is 2. The molecule has 0 radical (unpaired) electrons. The molecule has 8 atom stereocenters. The number of ether oxygens (including phenoxy) is 2. The predicted octanol–water partition coefficient (Wildman–Crippen LogP) is 11.1. The van der Waals surface area contributed by atoms with Gasteiger partial charge in [0.15, 0.2) is 0 Å². The standard InChI is InChI=1S/C28H32N4O3S.C22H27N3O.2C9H10N2O4S.C6H7N.C2H5BrO.CH3ClO2S/c33-26(12-24-22-8-4-5-9-23(22)25-16-29-17-32(24)25)28-13-18-10-19(14-28)27(20(11-18)15-28)31-36(34,35)30-21-6-2-1-3-7-21;23-21-14-5-13-6-15(21)10-22(8-13,9-14)20(26)7-18-16-3-1-2-4-17(16)19-11-24-12-25(18)19;2*12-9-11(6-7-15-9)16(13,14)10-8-4-2-1-3-5-8;7-6-4-2-1-3-5-6;3-1-2-4;1-5(2,3)4/h1-9,16-20,24,26-27,30-31,33H,10-15H2;1-4,11-15,18,20-21,26H,5-10,23H2;2*1-5,10H,6-7H2;1-5H,7H2;4H,1-2H2;1H3. The maximum atomic E-state index is 13.0. The van der Waals surface area contributed by atoms with E-state index < -0.39 is 58.0 Å². The number of cyclic esters (lactones) is 2. The van der Waals surface area contributed by atoms with Crippen LogP contribution in [-0.2, 0) is 49.2 Å². The number of rotatable bonds is 17. The molecule has 4 aliphatic heterocycles. The largest absolute Gasteiger partial charge is 0.447 e. The van der Waals surface area contributed by atoms with Crippen molar-refractivity contribution in [1.29, 1.82) is 0 Å². The first-order valence-electron chi connectivity index (χ1n) is 36.7. The number of para-hydroxylation sites is 4. The molecule has 8 aromatic rings. The lowest BCUT2D eigenvalue weighted by Crippen LogP contribution is -2.62. The molecule has 2 amide bonds. The highest BCUT2D eigenvalue weighted by atomic mass is 79.9. The van der Waals surface area contributed by atoms with Gasteiger partial charge < -0.3 is 45.4 Å². The maximum absolute atomic E-state index is 13.0. The van der Waals surface area contributed by atoms with Gasteiger partial charge in [-0.3, -0.25) is 14.2 Å². The minimum atomic E-state index is -3.85. The summed E-state index contributed by atoms with van der Waals surface area (Å²) in [5, 5.41) is 31.8. The minimum absolute atomic E-state index is 0.0427. The Morgan fingerprint density at radius 1 is 0.545 bits per heavy atom. The Bertz CT molecular complexity index is 4800. The van der Waals surface area contributed by atoms with Crippen LogP contribution in [0.3, 0.4) is 0 Å². The van der Waals surface area contributed by atoms with Crippen LogP contribution in [0.15, 0.2) is 195 Å². The third-order valence-electron chi connectivity index (χ3n) is 22.5. The van der Waals surface area contributed by atoms with Crippen molar-refractivity contribution in [2.24, 2.45) is 52.1 Å².